The standard InChI is InChI=1S/C19H15NO/c1-2-8-15(9-3-1)18-13-21-19(20-18)17-12-6-10-14-7-4-5-11-16(14)17/h1-12,18H,13H2/t18-/m0/s1. The second kappa shape index (κ2) is 5.06. The Balaban J connectivity index is 1.77. The minimum Gasteiger partial charge on any atom is -0.475 e. The molecule has 102 valence electrons. The van der Waals surface area contributed by atoms with Crippen LogP contribution in [0.25, 0.3) is 10.8 Å². The first-order valence-corrected chi connectivity index (χ1v) is 7.15. The molecule has 1 aliphatic rings. The molecule has 0 bridgehead atoms. The largest absolute Gasteiger partial charge is 0.475 e. The maximum absolute atomic E-state index is 5.86. The van der Waals surface area contributed by atoms with Gasteiger partial charge in [-0.1, -0.05) is 66.7 Å². The zero-order chi connectivity index (χ0) is 14.1. The van der Waals surface area contributed by atoms with E-state index in [1.54, 1.807) is 0 Å². The van der Waals surface area contributed by atoms with Crippen molar-refractivity contribution in [3.8, 4) is 0 Å². The highest BCUT2D eigenvalue weighted by Crippen LogP contribution is 2.27. The van der Waals surface area contributed by atoms with Crippen molar-refractivity contribution in [3.63, 3.8) is 0 Å². The first kappa shape index (κ1) is 12.2. The van der Waals surface area contributed by atoms with Crippen LogP contribution in [0, 0.1) is 0 Å². The van der Waals surface area contributed by atoms with Gasteiger partial charge in [-0.15, -0.1) is 0 Å². The molecule has 0 unspecified atom stereocenters. The summed E-state index contributed by atoms with van der Waals surface area (Å²) >= 11 is 0. The lowest BCUT2D eigenvalue weighted by molar-refractivity contribution is 0.320. The van der Waals surface area contributed by atoms with Crippen molar-refractivity contribution in [2.75, 3.05) is 6.61 Å². The predicted molar refractivity (Wildman–Crippen MR) is 85.6 cm³/mol. The zero-order valence-electron chi connectivity index (χ0n) is 11.6. The van der Waals surface area contributed by atoms with Crippen LogP contribution in [0.1, 0.15) is 17.2 Å². The molecule has 0 spiro atoms. The van der Waals surface area contributed by atoms with Crippen LogP contribution < -0.4 is 0 Å². The van der Waals surface area contributed by atoms with E-state index in [9.17, 15) is 0 Å². The second-order valence-electron chi connectivity index (χ2n) is 5.20. The number of fused-ring (bicyclic) bond motifs is 1. The van der Waals surface area contributed by atoms with Crippen LogP contribution in [0.3, 0.4) is 0 Å². The maximum Gasteiger partial charge on any atom is 0.217 e. The summed E-state index contributed by atoms with van der Waals surface area (Å²) in [7, 11) is 0. The molecule has 0 amide bonds. The summed E-state index contributed by atoms with van der Waals surface area (Å²) in [6, 6.07) is 25.0. The SMILES string of the molecule is c1ccc([C@@H]2COC(c3cccc4ccccc34)=N2)cc1. The van der Waals surface area contributed by atoms with Crippen LogP contribution in [-0.4, -0.2) is 12.5 Å². The third-order valence-electron chi connectivity index (χ3n) is 3.86. The van der Waals surface area contributed by atoms with Gasteiger partial charge in [-0.2, -0.15) is 0 Å². The van der Waals surface area contributed by atoms with Gasteiger partial charge in [-0.3, -0.25) is 0 Å². The molecule has 3 aromatic rings. The Labute approximate surface area is 123 Å². The number of rotatable bonds is 2. The van der Waals surface area contributed by atoms with E-state index in [4.69, 9.17) is 9.73 Å². The van der Waals surface area contributed by atoms with Crippen molar-refractivity contribution in [1.82, 2.24) is 0 Å². The van der Waals surface area contributed by atoms with Crippen molar-refractivity contribution in [2.45, 2.75) is 6.04 Å². The summed E-state index contributed by atoms with van der Waals surface area (Å²) in [6.45, 7) is 0.614. The molecular formula is C19H15NO. The Hall–Kier alpha value is -2.61. The quantitative estimate of drug-likeness (QED) is 0.680. The molecule has 0 saturated heterocycles. The van der Waals surface area contributed by atoms with Gasteiger partial charge in [0.05, 0.1) is 0 Å². The fraction of sp³-hybridized carbons (Fsp3) is 0.105. The molecule has 4 rings (SSSR count). The number of aliphatic imine (C=N–C) groups is 1. The fourth-order valence-corrected chi connectivity index (χ4v) is 2.78. The molecule has 1 atom stereocenters. The molecular weight excluding hydrogens is 258 g/mol. The molecule has 0 N–H and O–H groups in total. The summed E-state index contributed by atoms with van der Waals surface area (Å²) in [4.78, 5) is 4.77. The summed E-state index contributed by atoms with van der Waals surface area (Å²) in [5.74, 6) is 0.751. The Morgan fingerprint density at radius 1 is 0.810 bits per heavy atom. The van der Waals surface area contributed by atoms with E-state index < -0.39 is 0 Å². The first-order chi connectivity index (χ1) is 10.4. The number of ether oxygens (including phenoxy) is 1. The summed E-state index contributed by atoms with van der Waals surface area (Å²) < 4.78 is 5.86. The predicted octanol–water partition coefficient (Wildman–Crippen LogP) is 4.36. The Bertz CT molecular complexity index is 803. The lowest BCUT2D eigenvalue weighted by Gasteiger charge is -2.05. The number of benzene rings is 3. The zero-order valence-corrected chi connectivity index (χ0v) is 11.6. The lowest BCUT2D eigenvalue weighted by atomic mass is 10.0. The van der Waals surface area contributed by atoms with Crippen LogP contribution in [-0.2, 0) is 4.74 Å². The van der Waals surface area contributed by atoms with E-state index in [0.717, 1.165) is 11.5 Å². The molecule has 0 fully saturated rings. The molecule has 0 aromatic heterocycles. The van der Waals surface area contributed by atoms with Gasteiger partial charge in [0.2, 0.25) is 5.90 Å². The normalized spacial score (nSPS) is 17.5. The number of nitrogens with zero attached hydrogens (tertiary/aromatic N) is 1. The van der Waals surface area contributed by atoms with Crippen molar-refractivity contribution >= 4 is 16.7 Å². The molecule has 2 nitrogen and oxygen atoms in total. The van der Waals surface area contributed by atoms with Gasteiger partial charge in [-0.25, -0.2) is 4.99 Å². The number of hydrogen-bond acceptors (Lipinski definition) is 2. The van der Waals surface area contributed by atoms with Gasteiger partial charge in [-0.05, 0) is 22.4 Å². The highest BCUT2D eigenvalue weighted by atomic mass is 16.5. The van der Waals surface area contributed by atoms with E-state index in [-0.39, 0.29) is 6.04 Å². The van der Waals surface area contributed by atoms with Gasteiger partial charge in [0.25, 0.3) is 0 Å². The maximum atomic E-state index is 5.86. The Morgan fingerprint density at radius 2 is 1.57 bits per heavy atom. The average Bonchev–Trinajstić information content (AvgIpc) is 3.05. The molecule has 0 radical (unpaired) electrons. The van der Waals surface area contributed by atoms with Gasteiger partial charge in [0.15, 0.2) is 0 Å². The molecule has 0 saturated carbocycles. The van der Waals surface area contributed by atoms with E-state index in [0.29, 0.717) is 6.61 Å². The van der Waals surface area contributed by atoms with Gasteiger partial charge >= 0.3 is 0 Å². The Morgan fingerprint density at radius 3 is 2.48 bits per heavy atom. The van der Waals surface area contributed by atoms with E-state index >= 15 is 0 Å². The van der Waals surface area contributed by atoms with Crippen LogP contribution >= 0.6 is 0 Å². The first-order valence-electron chi connectivity index (χ1n) is 7.15. The smallest absolute Gasteiger partial charge is 0.217 e. The monoisotopic (exact) mass is 273 g/mol. The highest BCUT2D eigenvalue weighted by Gasteiger charge is 2.22. The third kappa shape index (κ3) is 2.19. The van der Waals surface area contributed by atoms with Gasteiger partial charge in [0.1, 0.15) is 12.6 Å². The molecule has 3 aromatic carbocycles. The van der Waals surface area contributed by atoms with Crippen LogP contribution in [0.15, 0.2) is 77.8 Å². The molecule has 2 heteroatoms. The molecule has 0 aliphatic carbocycles. The third-order valence-corrected chi connectivity index (χ3v) is 3.86. The molecule has 1 aliphatic heterocycles. The van der Waals surface area contributed by atoms with Crippen LogP contribution in [0.5, 0.6) is 0 Å². The lowest BCUT2D eigenvalue weighted by Crippen LogP contribution is -2.02. The van der Waals surface area contributed by atoms with Crippen molar-refractivity contribution in [3.05, 3.63) is 83.9 Å². The van der Waals surface area contributed by atoms with Gasteiger partial charge in [0, 0.05) is 5.56 Å². The van der Waals surface area contributed by atoms with E-state index in [2.05, 4.69) is 54.6 Å². The van der Waals surface area contributed by atoms with Crippen LogP contribution in [0.2, 0.25) is 0 Å². The van der Waals surface area contributed by atoms with E-state index in [1.807, 2.05) is 18.2 Å². The van der Waals surface area contributed by atoms with Crippen molar-refractivity contribution < 1.29 is 4.74 Å². The average molecular weight is 273 g/mol. The molecule has 21 heavy (non-hydrogen) atoms. The van der Waals surface area contributed by atoms with Gasteiger partial charge < -0.3 is 4.74 Å². The number of hydrogen-bond donors (Lipinski definition) is 0. The van der Waals surface area contributed by atoms with Crippen molar-refractivity contribution in [1.29, 1.82) is 0 Å². The van der Waals surface area contributed by atoms with E-state index in [1.165, 1.54) is 16.3 Å². The molecule has 1 heterocycles. The van der Waals surface area contributed by atoms with Crippen molar-refractivity contribution in [2.24, 2.45) is 4.99 Å². The topological polar surface area (TPSA) is 21.6 Å². The summed E-state index contributed by atoms with van der Waals surface area (Å²) in [5, 5.41) is 2.40. The van der Waals surface area contributed by atoms with Crippen LogP contribution in [0.4, 0.5) is 0 Å². The highest BCUT2D eigenvalue weighted by molar-refractivity contribution is 6.07. The summed E-state index contributed by atoms with van der Waals surface area (Å²) in [6.07, 6.45) is 0. The minimum atomic E-state index is 0.0974. The minimum absolute atomic E-state index is 0.0974. The summed E-state index contributed by atoms with van der Waals surface area (Å²) in [5.41, 5.74) is 2.28. The second-order valence-corrected chi connectivity index (χ2v) is 5.20. The fourth-order valence-electron chi connectivity index (χ4n) is 2.78. The Kier molecular flexibility index (Phi) is 2.93.